The molecule has 26 heavy (non-hydrogen) atoms. The fourth-order valence-corrected chi connectivity index (χ4v) is 4.99. The van der Waals surface area contributed by atoms with E-state index in [2.05, 4.69) is 21.9 Å². The molecule has 3 unspecified atom stereocenters. The largest absolute Gasteiger partial charge is 0.466 e. The summed E-state index contributed by atoms with van der Waals surface area (Å²) in [6.45, 7) is 6.22. The first-order chi connectivity index (χ1) is 12.5. The van der Waals surface area contributed by atoms with Gasteiger partial charge in [0.15, 0.2) is 12.3 Å². The van der Waals surface area contributed by atoms with Crippen LogP contribution in [0.2, 0.25) is 0 Å². The number of fused-ring (bicyclic) bond motifs is 2. The van der Waals surface area contributed by atoms with E-state index >= 15 is 0 Å². The zero-order valence-electron chi connectivity index (χ0n) is 16.2. The molecule has 1 saturated carbocycles. The molecule has 6 heteroatoms. The third-order valence-corrected chi connectivity index (χ3v) is 6.05. The molecule has 1 amide bonds. The van der Waals surface area contributed by atoms with Gasteiger partial charge in [-0.25, -0.2) is 9.67 Å². The lowest BCUT2D eigenvalue weighted by Crippen LogP contribution is -2.44. The van der Waals surface area contributed by atoms with E-state index in [4.69, 9.17) is 4.74 Å². The average molecular weight is 356 g/mol. The summed E-state index contributed by atoms with van der Waals surface area (Å²) in [6, 6.07) is 2.74. The van der Waals surface area contributed by atoms with Crippen LogP contribution in [0.15, 0.2) is 6.07 Å². The molecule has 6 nitrogen and oxygen atoms in total. The summed E-state index contributed by atoms with van der Waals surface area (Å²) < 4.78 is 7.63. The molecule has 1 aliphatic carbocycles. The molecule has 4 rings (SSSR count). The predicted octanol–water partition coefficient (Wildman–Crippen LogP) is 3.14. The van der Waals surface area contributed by atoms with Gasteiger partial charge in [-0.3, -0.25) is 4.79 Å². The lowest BCUT2D eigenvalue weighted by atomic mass is 9.85. The predicted molar refractivity (Wildman–Crippen MR) is 100 cm³/mol. The minimum absolute atomic E-state index is 0.0486. The molecule has 0 bridgehead atoms. The summed E-state index contributed by atoms with van der Waals surface area (Å²) in [5.41, 5.74) is 2.83. The zero-order chi connectivity index (χ0) is 18.4. The maximum atomic E-state index is 12.9. The molecule has 2 aromatic rings. The Bertz CT molecular complexity index is 844. The van der Waals surface area contributed by atoms with Crippen molar-refractivity contribution in [2.24, 2.45) is 13.0 Å². The smallest absolute Gasteiger partial charge is 0.261 e. The van der Waals surface area contributed by atoms with Gasteiger partial charge in [0.05, 0.1) is 5.39 Å². The van der Waals surface area contributed by atoms with E-state index in [0.29, 0.717) is 23.9 Å². The summed E-state index contributed by atoms with van der Waals surface area (Å²) in [4.78, 5) is 19.6. The average Bonchev–Trinajstić information content (AvgIpc) is 3.09. The van der Waals surface area contributed by atoms with Crippen molar-refractivity contribution in [3.63, 3.8) is 0 Å². The number of nitrogens with zero attached hydrogens (tertiary/aromatic N) is 4. The first-order valence-corrected chi connectivity index (χ1v) is 9.70. The Morgan fingerprint density at radius 2 is 2.08 bits per heavy atom. The summed E-state index contributed by atoms with van der Waals surface area (Å²) in [5, 5.41) is 5.35. The summed E-state index contributed by atoms with van der Waals surface area (Å²) in [5.74, 6) is 1.27. The van der Waals surface area contributed by atoms with E-state index in [9.17, 15) is 4.79 Å². The van der Waals surface area contributed by atoms with Crippen molar-refractivity contribution in [2.75, 3.05) is 6.61 Å². The highest BCUT2D eigenvalue weighted by atomic mass is 16.5. The number of aryl methyl sites for hydroxylation is 3. The maximum absolute atomic E-state index is 12.9. The summed E-state index contributed by atoms with van der Waals surface area (Å²) in [6.07, 6.45) is 6.06. The number of rotatable bonds is 3. The second kappa shape index (κ2) is 6.56. The molecule has 3 atom stereocenters. The van der Waals surface area contributed by atoms with Crippen molar-refractivity contribution in [1.82, 2.24) is 19.7 Å². The van der Waals surface area contributed by atoms with Gasteiger partial charge in [0.2, 0.25) is 5.88 Å². The van der Waals surface area contributed by atoms with Gasteiger partial charge in [0, 0.05) is 24.8 Å². The number of hydrogen-bond donors (Lipinski definition) is 0. The molecule has 1 saturated heterocycles. The van der Waals surface area contributed by atoms with Crippen molar-refractivity contribution in [1.29, 1.82) is 0 Å². The number of aromatic nitrogens is 3. The number of ether oxygens (including phenoxy) is 1. The molecule has 0 spiro atoms. The molecule has 0 N–H and O–H groups in total. The molecule has 0 aromatic carbocycles. The van der Waals surface area contributed by atoms with Crippen LogP contribution >= 0.6 is 0 Å². The fourth-order valence-electron chi connectivity index (χ4n) is 4.99. The number of likely N-dealkylation sites (tertiary alicyclic amines) is 1. The molecule has 140 valence electrons. The summed E-state index contributed by atoms with van der Waals surface area (Å²) >= 11 is 0. The van der Waals surface area contributed by atoms with Gasteiger partial charge in [-0.15, -0.1) is 5.10 Å². The molecular weight excluding hydrogens is 328 g/mol. The highest BCUT2D eigenvalue weighted by Crippen LogP contribution is 2.39. The Morgan fingerprint density at radius 3 is 2.88 bits per heavy atom. The van der Waals surface area contributed by atoms with Crippen LogP contribution < -0.4 is 4.74 Å². The number of pyridine rings is 1. The second-order valence-corrected chi connectivity index (χ2v) is 7.99. The SMILES string of the molecule is Cc1cc(C)c2c(OCC(=O)N3C(C)CC4CCCCC43)nn(C)c2n1. The molecule has 1 aliphatic heterocycles. The fraction of sp³-hybridized carbons (Fsp3) is 0.650. The van der Waals surface area contributed by atoms with Crippen LogP contribution in [0.4, 0.5) is 0 Å². The Balaban J connectivity index is 1.52. The lowest BCUT2D eigenvalue weighted by molar-refractivity contribution is -0.136. The molecule has 2 fully saturated rings. The standard InChI is InChI=1S/C20H28N4O2/c1-12-9-13(2)21-19-18(12)20(22-23(19)4)26-11-17(25)24-14(3)10-15-7-5-6-8-16(15)24/h9,14-16H,5-8,10-11H2,1-4H3. The van der Waals surface area contributed by atoms with E-state index in [1.807, 2.05) is 27.0 Å². The Kier molecular flexibility index (Phi) is 4.37. The van der Waals surface area contributed by atoms with Crippen molar-refractivity contribution in [3.05, 3.63) is 17.3 Å². The molecule has 2 aromatic heterocycles. The first kappa shape index (κ1) is 17.3. The van der Waals surface area contributed by atoms with Crippen LogP contribution in [0.1, 0.15) is 50.3 Å². The van der Waals surface area contributed by atoms with Crippen molar-refractivity contribution < 1.29 is 9.53 Å². The van der Waals surface area contributed by atoms with Crippen LogP contribution in [0.25, 0.3) is 11.0 Å². The Hall–Kier alpha value is -2.11. The quantitative estimate of drug-likeness (QED) is 0.848. The van der Waals surface area contributed by atoms with E-state index in [0.717, 1.165) is 35.1 Å². The van der Waals surface area contributed by atoms with E-state index in [1.54, 1.807) is 4.68 Å². The van der Waals surface area contributed by atoms with Crippen molar-refractivity contribution in [2.45, 2.75) is 65.0 Å². The van der Waals surface area contributed by atoms with Crippen molar-refractivity contribution in [3.8, 4) is 5.88 Å². The number of carbonyl (C=O) groups excluding carboxylic acids is 1. The van der Waals surface area contributed by atoms with Gasteiger partial charge in [-0.2, -0.15) is 0 Å². The topological polar surface area (TPSA) is 60.2 Å². The van der Waals surface area contributed by atoms with Gasteiger partial charge in [-0.05, 0) is 57.6 Å². The van der Waals surface area contributed by atoms with E-state index in [-0.39, 0.29) is 12.5 Å². The Labute approximate surface area is 154 Å². The minimum Gasteiger partial charge on any atom is -0.466 e. The van der Waals surface area contributed by atoms with Gasteiger partial charge in [-0.1, -0.05) is 12.8 Å². The van der Waals surface area contributed by atoms with Crippen LogP contribution in [0, 0.1) is 19.8 Å². The lowest BCUT2D eigenvalue weighted by Gasteiger charge is -2.33. The third kappa shape index (κ3) is 2.85. The number of amides is 1. The highest BCUT2D eigenvalue weighted by molar-refractivity contribution is 5.86. The zero-order valence-corrected chi connectivity index (χ0v) is 16.2. The molecule has 2 aliphatic rings. The van der Waals surface area contributed by atoms with Gasteiger partial charge in [0.1, 0.15) is 0 Å². The summed E-state index contributed by atoms with van der Waals surface area (Å²) in [7, 11) is 1.86. The monoisotopic (exact) mass is 356 g/mol. The highest BCUT2D eigenvalue weighted by Gasteiger charge is 2.42. The van der Waals surface area contributed by atoms with Crippen LogP contribution in [0.5, 0.6) is 5.88 Å². The van der Waals surface area contributed by atoms with Crippen LogP contribution in [0.3, 0.4) is 0 Å². The first-order valence-electron chi connectivity index (χ1n) is 9.70. The molecular formula is C20H28N4O2. The van der Waals surface area contributed by atoms with E-state index < -0.39 is 0 Å². The van der Waals surface area contributed by atoms with Gasteiger partial charge < -0.3 is 9.64 Å². The Morgan fingerprint density at radius 1 is 1.31 bits per heavy atom. The van der Waals surface area contributed by atoms with Crippen LogP contribution in [-0.4, -0.2) is 44.3 Å². The second-order valence-electron chi connectivity index (χ2n) is 7.99. The molecule has 0 radical (unpaired) electrons. The minimum atomic E-state index is 0.0486. The maximum Gasteiger partial charge on any atom is 0.261 e. The number of hydrogen-bond acceptors (Lipinski definition) is 4. The molecule has 3 heterocycles. The normalized spacial score (nSPS) is 25.5. The van der Waals surface area contributed by atoms with Gasteiger partial charge >= 0.3 is 0 Å². The van der Waals surface area contributed by atoms with Crippen molar-refractivity contribution >= 4 is 16.9 Å². The number of carbonyl (C=O) groups is 1. The van der Waals surface area contributed by atoms with Crippen LogP contribution in [-0.2, 0) is 11.8 Å². The van der Waals surface area contributed by atoms with E-state index in [1.165, 1.54) is 19.3 Å². The third-order valence-electron chi connectivity index (χ3n) is 6.05. The van der Waals surface area contributed by atoms with Gasteiger partial charge in [0.25, 0.3) is 5.91 Å².